The van der Waals surface area contributed by atoms with Crippen molar-refractivity contribution in [3.8, 4) is 0 Å². The number of aliphatic hydroxyl groups is 1. The summed E-state index contributed by atoms with van der Waals surface area (Å²) in [4.78, 5) is 26.7. The first-order valence-corrected chi connectivity index (χ1v) is 8.95. The summed E-state index contributed by atoms with van der Waals surface area (Å²) in [6.07, 6.45) is 0. The molecule has 3 aromatic rings. The number of halogens is 3. The molecular weight excluding hydrogens is 395 g/mol. The van der Waals surface area contributed by atoms with Crippen LogP contribution in [0.25, 0.3) is 5.76 Å². The third-order valence-corrected chi connectivity index (χ3v) is 4.83. The first kappa shape index (κ1) is 19.4. The number of amides is 1. The highest BCUT2D eigenvalue weighted by molar-refractivity contribution is 6.51. The van der Waals surface area contributed by atoms with Gasteiger partial charge in [-0.25, -0.2) is 13.2 Å². The molecule has 1 saturated heterocycles. The molecule has 1 amide bonds. The van der Waals surface area contributed by atoms with E-state index in [1.165, 1.54) is 42.5 Å². The van der Waals surface area contributed by atoms with Crippen molar-refractivity contribution >= 4 is 23.1 Å². The molecule has 1 aliphatic heterocycles. The van der Waals surface area contributed by atoms with Gasteiger partial charge in [0.2, 0.25) is 0 Å². The quantitative estimate of drug-likeness (QED) is 0.387. The summed E-state index contributed by atoms with van der Waals surface area (Å²) < 4.78 is 40.5. The number of ketones is 1. The number of carbonyl (C=O) groups is 2. The minimum absolute atomic E-state index is 0.101. The molecule has 1 heterocycles. The average molecular weight is 409 g/mol. The van der Waals surface area contributed by atoms with Crippen molar-refractivity contribution in [2.45, 2.75) is 6.04 Å². The Hall–Kier alpha value is -3.87. The standard InChI is InChI=1S/C23H14F3NO3/c24-15-8-4-13(5-9-15)20-19(21(28)14-6-10-16(25)11-7-14)22(29)23(30)27(20)18-3-1-2-17(26)12-18/h1-12,20,28H/b21-19+. The van der Waals surface area contributed by atoms with Crippen molar-refractivity contribution in [3.63, 3.8) is 0 Å². The van der Waals surface area contributed by atoms with Crippen LogP contribution in [-0.2, 0) is 9.59 Å². The summed E-state index contributed by atoms with van der Waals surface area (Å²) in [7, 11) is 0. The second-order valence-corrected chi connectivity index (χ2v) is 6.71. The van der Waals surface area contributed by atoms with Crippen molar-refractivity contribution < 1.29 is 27.9 Å². The molecule has 30 heavy (non-hydrogen) atoms. The van der Waals surface area contributed by atoms with Crippen molar-refractivity contribution in [3.05, 3.63) is 107 Å². The third-order valence-electron chi connectivity index (χ3n) is 4.83. The highest BCUT2D eigenvalue weighted by Gasteiger charge is 2.47. The number of benzene rings is 3. The molecule has 0 spiro atoms. The van der Waals surface area contributed by atoms with Gasteiger partial charge < -0.3 is 5.11 Å². The number of hydrogen-bond acceptors (Lipinski definition) is 3. The number of nitrogens with zero attached hydrogens (tertiary/aromatic N) is 1. The summed E-state index contributed by atoms with van der Waals surface area (Å²) in [5.41, 5.74) is 0.302. The summed E-state index contributed by atoms with van der Waals surface area (Å²) >= 11 is 0. The van der Waals surface area contributed by atoms with E-state index in [2.05, 4.69) is 0 Å². The SMILES string of the molecule is O=C1C(=O)N(c2cccc(F)c2)C(c2ccc(F)cc2)/C1=C(\O)c1ccc(F)cc1. The fraction of sp³-hybridized carbons (Fsp3) is 0.0435. The number of rotatable bonds is 3. The minimum atomic E-state index is -1.13. The zero-order chi connectivity index (χ0) is 21.4. The molecule has 3 aromatic carbocycles. The monoisotopic (exact) mass is 409 g/mol. The van der Waals surface area contributed by atoms with E-state index in [1.807, 2.05) is 0 Å². The lowest BCUT2D eigenvalue weighted by Gasteiger charge is -2.25. The first-order valence-electron chi connectivity index (χ1n) is 8.95. The van der Waals surface area contributed by atoms with Gasteiger partial charge in [0.05, 0.1) is 11.6 Å². The average Bonchev–Trinajstić information content (AvgIpc) is 2.99. The Balaban J connectivity index is 1.95. The van der Waals surface area contributed by atoms with E-state index < -0.39 is 40.9 Å². The van der Waals surface area contributed by atoms with Gasteiger partial charge in [-0.3, -0.25) is 14.5 Å². The van der Waals surface area contributed by atoms with E-state index in [-0.39, 0.29) is 16.8 Å². The Morgan fingerprint density at radius 3 is 2.00 bits per heavy atom. The molecule has 1 unspecified atom stereocenters. The Morgan fingerprint density at radius 1 is 0.800 bits per heavy atom. The molecule has 4 rings (SSSR count). The molecular formula is C23H14F3NO3. The summed E-state index contributed by atoms with van der Waals surface area (Å²) in [5.74, 6) is -4.16. The van der Waals surface area contributed by atoms with Crippen LogP contribution in [0.15, 0.2) is 78.4 Å². The lowest BCUT2D eigenvalue weighted by molar-refractivity contribution is -0.132. The van der Waals surface area contributed by atoms with Crippen LogP contribution in [0, 0.1) is 17.5 Å². The number of hydrogen-bond donors (Lipinski definition) is 1. The van der Waals surface area contributed by atoms with Crippen LogP contribution in [0.3, 0.4) is 0 Å². The Morgan fingerprint density at radius 2 is 1.40 bits per heavy atom. The van der Waals surface area contributed by atoms with Crippen LogP contribution in [0.1, 0.15) is 17.2 Å². The molecule has 1 fully saturated rings. The van der Waals surface area contributed by atoms with E-state index in [9.17, 15) is 27.9 Å². The zero-order valence-corrected chi connectivity index (χ0v) is 15.4. The van der Waals surface area contributed by atoms with Crippen LogP contribution >= 0.6 is 0 Å². The highest BCUT2D eigenvalue weighted by Crippen LogP contribution is 2.42. The lowest BCUT2D eigenvalue weighted by atomic mass is 9.95. The van der Waals surface area contributed by atoms with Crippen molar-refractivity contribution in [1.82, 2.24) is 0 Å². The van der Waals surface area contributed by atoms with Gasteiger partial charge in [0.15, 0.2) is 0 Å². The number of anilines is 1. The predicted molar refractivity (Wildman–Crippen MR) is 104 cm³/mol. The van der Waals surface area contributed by atoms with Crippen LogP contribution in [-0.4, -0.2) is 16.8 Å². The molecule has 0 saturated carbocycles. The van der Waals surface area contributed by atoms with Gasteiger partial charge >= 0.3 is 0 Å². The Bertz CT molecular complexity index is 1170. The summed E-state index contributed by atoms with van der Waals surface area (Å²) in [5, 5.41) is 10.8. The third kappa shape index (κ3) is 3.34. The maximum atomic E-state index is 13.8. The van der Waals surface area contributed by atoms with Crippen LogP contribution in [0.4, 0.5) is 18.9 Å². The molecule has 7 heteroatoms. The fourth-order valence-electron chi connectivity index (χ4n) is 3.45. The number of carbonyl (C=O) groups excluding carboxylic acids is 2. The molecule has 0 radical (unpaired) electrons. The second-order valence-electron chi connectivity index (χ2n) is 6.71. The molecule has 1 aliphatic rings. The number of Topliss-reactive ketones (excluding diaryl/α,β-unsaturated/α-hetero) is 1. The summed E-state index contributed by atoms with van der Waals surface area (Å²) in [6.45, 7) is 0. The van der Waals surface area contributed by atoms with E-state index in [0.717, 1.165) is 35.2 Å². The second kappa shape index (κ2) is 7.51. The maximum Gasteiger partial charge on any atom is 0.300 e. The van der Waals surface area contributed by atoms with Gasteiger partial charge in [0, 0.05) is 11.3 Å². The molecule has 0 aromatic heterocycles. The largest absolute Gasteiger partial charge is 0.507 e. The molecule has 150 valence electrons. The van der Waals surface area contributed by atoms with Gasteiger partial charge in [0.25, 0.3) is 11.7 Å². The highest BCUT2D eigenvalue weighted by atomic mass is 19.1. The lowest BCUT2D eigenvalue weighted by Crippen LogP contribution is -2.29. The topological polar surface area (TPSA) is 57.6 Å². The zero-order valence-electron chi connectivity index (χ0n) is 15.4. The van der Waals surface area contributed by atoms with Crippen LogP contribution in [0.2, 0.25) is 0 Å². The van der Waals surface area contributed by atoms with Gasteiger partial charge in [0.1, 0.15) is 23.2 Å². The van der Waals surface area contributed by atoms with E-state index >= 15 is 0 Å². The fourth-order valence-corrected chi connectivity index (χ4v) is 3.45. The van der Waals surface area contributed by atoms with E-state index in [0.29, 0.717) is 5.56 Å². The molecule has 0 aliphatic carbocycles. The Labute approximate surface area is 169 Å². The first-order chi connectivity index (χ1) is 14.4. The van der Waals surface area contributed by atoms with E-state index in [1.54, 1.807) is 0 Å². The van der Waals surface area contributed by atoms with Gasteiger partial charge in [-0.05, 0) is 60.2 Å². The molecule has 1 atom stereocenters. The number of aliphatic hydroxyl groups excluding tert-OH is 1. The predicted octanol–water partition coefficient (Wildman–Crippen LogP) is 4.73. The smallest absolute Gasteiger partial charge is 0.300 e. The summed E-state index contributed by atoms with van der Waals surface area (Å²) in [6, 6.07) is 13.8. The van der Waals surface area contributed by atoms with Gasteiger partial charge in [-0.2, -0.15) is 0 Å². The van der Waals surface area contributed by atoms with Gasteiger partial charge in [-0.1, -0.05) is 18.2 Å². The van der Waals surface area contributed by atoms with Crippen molar-refractivity contribution in [1.29, 1.82) is 0 Å². The normalized spacial score (nSPS) is 18.1. The maximum absolute atomic E-state index is 13.8. The van der Waals surface area contributed by atoms with Crippen molar-refractivity contribution in [2.75, 3.05) is 4.90 Å². The molecule has 1 N–H and O–H groups in total. The van der Waals surface area contributed by atoms with Crippen molar-refractivity contribution in [2.24, 2.45) is 0 Å². The van der Waals surface area contributed by atoms with E-state index in [4.69, 9.17) is 0 Å². The molecule has 4 nitrogen and oxygen atoms in total. The van der Waals surface area contributed by atoms with Crippen LogP contribution < -0.4 is 4.90 Å². The van der Waals surface area contributed by atoms with Gasteiger partial charge in [-0.15, -0.1) is 0 Å². The minimum Gasteiger partial charge on any atom is -0.507 e. The Kier molecular flexibility index (Phi) is 4.87. The molecule has 0 bridgehead atoms. The van der Waals surface area contributed by atoms with Crippen LogP contribution in [0.5, 0.6) is 0 Å².